The Morgan fingerprint density at radius 3 is 2.27 bits per heavy atom. The summed E-state index contributed by atoms with van der Waals surface area (Å²) in [6.45, 7) is 0.614. The van der Waals surface area contributed by atoms with Gasteiger partial charge in [0.15, 0.2) is 0 Å². The standard InChI is InChI=1S/C12H20N2O/c1-14(2)12(11(8-13)9-15)10-6-4-3-5-7-10/h3-7,11-12,15H,8-9,13H2,1-2H3/t11-,12+/m1/s1. The van der Waals surface area contributed by atoms with Crippen molar-refractivity contribution in [2.45, 2.75) is 6.04 Å². The van der Waals surface area contributed by atoms with E-state index in [4.69, 9.17) is 5.73 Å². The van der Waals surface area contributed by atoms with E-state index in [-0.39, 0.29) is 18.6 Å². The monoisotopic (exact) mass is 208 g/mol. The third-order valence-electron chi connectivity index (χ3n) is 2.68. The predicted molar refractivity (Wildman–Crippen MR) is 62.5 cm³/mol. The van der Waals surface area contributed by atoms with E-state index >= 15 is 0 Å². The van der Waals surface area contributed by atoms with Crippen LogP contribution in [0.4, 0.5) is 0 Å². The first-order valence-electron chi connectivity index (χ1n) is 5.23. The van der Waals surface area contributed by atoms with E-state index in [1.165, 1.54) is 5.56 Å². The minimum Gasteiger partial charge on any atom is -0.396 e. The van der Waals surface area contributed by atoms with Crippen LogP contribution in [0.1, 0.15) is 11.6 Å². The van der Waals surface area contributed by atoms with Crippen LogP contribution in [0, 0.1) is 5.92 Å². The minimum absolute atomic E-state index is 0.0856. The van der Waals surface area contributed by atoms with Crippen molar-refractivity contribution in [3.63, 3.8) is 0 Å². The lowest BCUT2D eigenvalue weighted by atomic mass is 9.93. The molecule has 0 aliphatic carbocycles. The molecule has 2 atom stereocenters. The van der Waals surface area contributed by atoms with Crippen LogP contribution in [-0.4, -0.2) is 37.3 Å². The van der Waals surface area contributed by atoms with Crippen LogP contribution in [0.2, 0.25) is 0 Å². The summed E-state index contributed by atoms with van der Waals surface area (Å²) in [4.78, 5) is 2.10. The highest BCUT2D eigenvalue weighted by atomic mass is 16.3. The quantitative estimate of drug-likeness (QED) is 0.754. The van der Waals surface area contributed by atoms with Gasteiger partial charge >= 0.3 is 0 Å². The molecule has 3 N–H and O–H groups in total. The number of benzene rings is 1. The number of nitrogens with zero attached hydrogens (tertiary/aromatic N) is 1. The van der Waals surface area contributed by atoms with Gasteiger partial charge in [0.25, 0.3) is 0 Å². The molecule has 15 heavy (non-hydrogen) atoms. The summed E-state index contributed by atoms with van der Waals surface area (Å²) in [5.41, 5.74) is 6.87. The molecule has 0 fully saturated rings. The van der Waals surface area contributed by atoms with Gasteiger partial charge in [-0.25, -0.2) is 0 Å². The Morgan fingerprint density at radius 1 is 1.27 bits per heavy atom. The van der Waals surface area contributed by atoms with Crippen molar-refractivity contribution in [2.24, 2.45) is 11.7 Å². The van der Waals surface area contributed by atoms with Crippen molar-refractivity contribution in [1.82, 2.24) is 4.90 Å². The molecule has 84 valence electrons. The molecule has 0 aliphatic rings. The van der Waals surface area contributed by atoms with Gasteiger partial charge in [0.1, 0.15) is 0 Å². The van der Waals surface area contributed by atoms with Crippen molar-refractivity contribution in [2.75, 3.05) is 27.2 Å². The normalized spacial score (nSPS) is 15.3. The van der Waals surface area contributed by atoms with Gasteiger partial charge in [-0.3, -0.25) is 0 Å². The van der Waals surface area contributed by atoms with Gasteiger partial charge in [-0.1, -0.05) is 30.3 Å². The lowest BCUT2D eigenvalue weighted by Crippen LogP contribution is -2.34. The van der Waals surface area contributed by atoms with Crippen molar-refractivity contribution in [3.8, 4) is 0 Å². The molecule has 0 amide bonds. The SMILES string of the molecule is CN(C)[C@@H](c1ccccc1)[C@H](CN)CO. The van der Waals surface area contributed by atoms with Crippen LogP contribution < -0.4 is 5.73 Å². The summed E-state index contributed by atoms with van der Waals surface area (Å²) >= 11 is 0. The largest absolute Gasteiger partial charge is 0.396 e. The highest BCUT2D eigenvalue weighted by Gasteiger charge is 2.22. The van der Waals surface area contributed by atoms with Crippen molar-refractivity contribution >= 4 is 0 Å². The molecular formula is C12H20N2O. The first-order valence-corrected chi connectivity index (χ1v) is 5.23. The second kappa shape index (κ2) is 5.85. The first-order chi connectivity index (χ1) is 7.20. The lowest BCUT2D eigenvalue weighted by molar-refractivity contribution is 0.138. The summed E-state index contributed by atoms with van der Waals surface area (Å²) in [7, 11) is 4.02. The molecule has 0 radical (unpaired) electrons. The van der Waals surface area contributed by atoms with E-state index < -0.39 is 0 Å². The summed E-state index contributed by atoms with van der Waals surface area (Å²) in [5.74, 6) is 0.0856. The van der Waals surface area contributed by atoms with Crippen molar-refractivity contribution in [1.29, 1.82) is 0 Å². The molecular weight excluding hydrogens is 188 g/mol. The fraction of sp³-hybridized carbons (Fsp3) is 0.500. The molecule has 0 heterocycles. The third-order valence-corrected chi connectivity index (χ3v) is 2.68. The Morgan fingerprint density at radius 2 is 1.87 bits per heavy atom. The Labute approximate surface area is 91.5 Å². The highest BCUT2D eigenvalue weighted by molar-refractivity contribution is 5.19. The Hall–Kier alpha value is -0.900. The molecule has 0 saturated carbocycles. The van der Waals surface area contributed by atoms with Gasteiger partial charge in [0.2, 0.25) is 0 Å². The predicted octanol–water partition coefficient (Wildman–Crippen LogP) is 0.856. The smallest absolute Gasteiger partial charge is 0.0489 e. The summed E-state index contributed by atoms with van der Waals surface area (Å²) < 4.78 is 0. The summed E-state index contributed by atoms with van der Waals surface area (Å²) in [6.07, 6.45) is 0. The van der Waals surface area contributed by atoms with Gasteiger partial charge in [0.05, 0.1) is 0 Å². The van der Waals surface area contributed by atoms with Gasteiger partial charge < -0.3 is 15.7 Å². The zero-order valence-corrected chi connectivity index (χ0v) is 9.43. The second-order valence-electron chi connectivity index (χ2n) is 4.00. The zero-order valence-electron chi connectivity index (χ0n) is 9.43. The van der Waals surface area contributed by atoms with Crippen molar-refractivity contribution in [3.05, 3.63) is 35.9 Å². The maximum absolute atomic E-state index is 9.30. The fourth-order valence-corrected chi connectivity index (χ4v) is 1.95. The summed E-state index contributed by atoms with van der Waals surface area (Å²) in [5, 5.41) is 9.30. The molecule has 0 saturated heterocycles. The Balaban J connectivity index is 2.92. The molecule has 0 aliphatic heterocycles. The molecule has 0 aromatic heterocycles. The van der Waals surface area contributed by atoms with Crippen LogP contribution in [-0.2, 0) is 0 Å². The van der Waals surface area contributed by atoms with Crippen LogP contribution in [0.25, 0.3) is 0 Å². The number of aliphatic hydroxyl groups excluding tert-OH is 1. The maximum atomic E-state index is 9.30. The summed E-state index contributed by atoms with van der Waals surface area (Å²) in [6, 6.07) is 10.3. The molecule has 0 spiro atoms. The molecule has 3 heteroatoms. The molecule has 0 bridgehead atoms. The van der Waals surface area contributed by atoms with Crippen LogP contribution in [0.5, 0.6) is 0 Å². The molecule has 1 rings (SSSR count). The van der Waals surface area contributed by atoms with Crippen molar-refractivity contribution < 1.29 is 5.11 Å². The Kier molecular flexibility index (Phi) is 4.75. The van der Waals surface area contributed by atoms with Gasteiger partial charge in [0, 0.05) is 18.6 Å². The number of nitrogens with two attached hydrogens (primary N) is 1. The zero-order chi connectivity index (χ0) is 11.3. The van der Waals surface area contributed by atoms with Gasteiger partial charge in [-0.2, -0.15) is 0 Å². The topological polar surface area (TPSA) is 49.5 Å². The van der Waals surface area contributed by atoms with E-state index in [0.717, 1.165) is 0 Å². The van der Waals surface area contributed by atoms with E-state index in [1.54, 1.807) is 0 Å². The number of hydrogen-bond acceptors (Lipinski definition) is 3. The van der Waals surface area contributed by atoms with E-state index in [0.29, 0.717) is 6.54 Å². The average molecular weight is 208 g/mol. The second-order valence-corrected chi connectivity index (χ2v) is 4.00. The molecule has 1 aromatic rings. The first kappa shape index (κ1) is 12.2. The van der Waals surface area contributed by atoms with Crippen LogP contribution in [0.15, 0.2) is 30.3 Å². The number of rotatable bonds is 5. The average Bonchev–Trinajstić information content (AvgIpc) is 2.26. The van der Waals surface area contributed by atoms with Gasteiger partial charge in [-0.05, 0) is 26.2 Å². The minimum atomic E-state index is 0.0856. The number of hydrogen-bond donors (Lipinski definition) is 2. The maximum Gasteiger partial charge on any atom is 0.0489 e. The lowest BCUT2D eigenvalue weighted by Gasteiger charge is -2.31. The van der Waals surface area contributed by atoms with E-state index in [2.05, 4.69) is 17.0 Å². The van der Waals surface area contributed by atoms with Crippen LogP contribution in [0.3, 0.4) is 0 Å². The molecule has 3 nitrogen and oxygen atoms in total. The highest BCUT2D eigenvalue weighted by Crippen LogP contribution is 2.25. The Bertz CT molecular complexity index is 270. The molecule has 1 aromatic carbocycles. The van der Waals surface area contributed by atoms with E-state index in [9.17, 15) is 5.11 Å². The number of aliphatic hydroxyl groups is 1. The fourth-order valence-electron chi connectivity index (χ4n) is 1.95. The molecule has 0 unspecified atom stereocenters. The third kappa shape index (κ3) is 3.02. The van der Waals surface area contributed by atoms with E-state index in [1.807, 2.05) is 32.3 Å². The van der Waals surface area contributed by atoms with Gasteiger partial charge in [-0.15, -0.1) is 0 Å². The van der Waals surface area contributed by atoms with Crippen LogP contribution >= 0.6 is 0 Å².